The summed E-state index contributed by atoms with van der Waals surface area (Å²) in [6, 6.07) is 10.2. The number of fused-ring (bicyclic) bond motifs is 1. The maximum atomic E-state index is 12.5. The van der Waals surface area contributed by atoms with E-state index in [1.165, 1.54) is 4.90 Å². The number of benzene rings is 1. The zero-order valence-electron chi connectivity index (χ0n) is 15.2. The first-order valence-electron chi connectivity index (χ1n) is 9.09. The maximum absolute atomic E-state index is 12.5. The molecule has 142 valence electrons. The van der Waals surface area contributed by atoms with Gasteiger partial charge in [-0.1, -0.05) is 24.3 Å². The third-order valence-corrected chi connectivity index (χ3v) is 4.52. The van der Waals surface area contributed by atoms with Crippen LogP contribution < -0.4 is 0 Å². The second kappa shape index (κ2) is 8.62. The summed E-state index contributed by atoms with van der Waals surface area (Å²) in [7, 11) is 0. The summed E-state index contributed by atoms with van der Waals surface area (Å²) in [5.41, 5.74) is 0.818. The van der Waals surface area contributed by atoms with E-state index in [1.807, 2.05) is 18.2 Å². The minimum atomic E-state index is -0.668. The Hall–Kier alpha value is -2.96. The molecule has 0 aliphatic carbocycles. The van der Waals surface area contributed by atoms with Gasteiger partial charge in [-0.3, -0.25) is 4.79 Å². The van der Waals surface area contributed by atoms with E-state index in [9.17, 15) is 14.4 Å². The zero-order chi connectivity index (χ0) is 19.2. The van der Waals surface area contributed by atoms with Crippen molar-refractivity contribution >= 4 is 28.7 Å². The Kier molecular flexibility index (Phi) is 6.01. The normalized spacial score (nSPS) is 16.8. The van der Waals surface area contributed by atoms with Crippen LogP contribution in [0.25, 0.3) is 10.9 Å². The largest absolute Gasteiger partial charge is 0.464 e. The van der Waals surface area contributed by atoms with Crippen molar-refractivity contribution in [3.05, 3.63) is 42.1 Å². The monoisotopic (exact) mass is 370 g/mol. The summed E-state index contributed by atoms with van der Waals surface area (Å²) in [5.74, 6) is -1.48. The van der Waals surface area contributed by atoms with Crippen molar-refractivity contribution in [1.82, 2.24) is 9.88 Å². The van der Waals surface area contributed by atoms with Gasteiger partial charge in [0.1, 0.15) is 11.7 Å². The van der Waals surface area contributed by atoms with Gasteiger partial charge in [-0.2, -0.15) is 0 Å². The highest BCUT2D eigenvalue weighted by molar-refractivity contribution is 5.93. The van der Waals surface area contributed by atoms with E-state index in [0.717, 1.165) is 18.2 Å². The lowest BCUT2D eigenvalue weighted by Gasteiger charge is -2.33. The molecular weight excluding hydrogens is 348 g/mol. The van der Waals surface area contributed by atoms with E-state index in [0.29, 0.717) is 18.5 Å². The molecule has 1 amide bonds. The Morgan fingerprint density at radius 3 is 2.74 bits per heavy atom. The lowest BCUT2D eigenvalue weighted by molar-refractivity contribution is -0.157. The maximum Gasteiger partial charge on any atom is 0.357 e. The third kappa shape index (κ3) is 4.42. The Morgan fingerprint density at radius 1 is 1.11 bits per heavy atom. The van der Waals surface area contributed by atoms with Gasteiger partial charge in [-0.25, -0.2) is 14.6 Å². The fourth-order valence-corrected chi connectivity index (χ4v) is 3.18. The van der Waals surface area contributed by atoms with Crippen LogP contribution in [-0.4, -0.2) is 53.5 Å². The Morgan fingerprint density at radius 2 is 1.93 bits per heavy atom. The average Bonchev–Trinajstić information content (AvgIpc) is 2.71. The molecule has 7 nitrogen and oxygen atoms in total. The molecule has 7 heteroatoms. The molecule has 27 heavy (non-hydrogen) atoms. The van der Waals surface area contributed by atoms with Crippen molar-refractivity contribution in [1.29, 1.82) is 0 Å². The number of hydrogen-bond acceptors (Lipinski definition) is 6. The van der Waals surface area contributed by atoms with E-state index in [4.69, 9.17) is 9.47 Å². The SMILES string of the molecule is CCOC(=O)C1CCCCN1C(=O)COC(=O)c1ccc2ccccc2n1. The van der Waals surface area contributed by atoms with E-state index >= 15 is 0 Å². The predicted molar refractivity (Wildman–Crippen MR) is 98.0 cm³/mol. The van der Waals surface area contributed by atoms with E-state index in [-0.39, 0.29) is 12.3 Å². The predicted octanol–water partition coefficient (Wildman–Crippen LogP) is 2.34. The number of aromatic nitrogens is 1. The number of carbonyl (C=O) groups is 3. The first-order chi connectivity index (χ1) is 13.1. The van der Waals surface area contributed by atoms with Crippen LogP contribution in [0.15, 0.2) is 36.4 Å². The van der Waals surface area contributed by atoms with Crippen LogP contribution in [0.4, 0.5) is 0 Å². The lowest BCUT2D eigenvalue weighted by Crippen LogP contribution is -2.50. The van der Waals surface area contributed by atoms with Gasteiger partial charge >= 0.3 is 11.9 Å². The van der Waals surface area contributed by atoms with Gasteiger partial charge in [0, 0.05) is 11.9 Å². The van der Waals surface area contributed by atoms with Crippen LogP contribution in [0.5, 0.6) is 0 Å². The molecule has 2 heterocycles. The fraction of sp³-hybridized carbons (Fsp3) is 0.400. The van der Waals surface area contributed by atoms with Gasteiger partial charge < -0.3 is 14.4 Å². The average molecular weight is 370 g/mol. The van der Waals surface area contributed by atoms with Crippen LogP contribution in [0.1, 0.15) is 36.7 Å². The summed E-state index contributed by atoms with van der Waals surface area (Å²) < 4.78 is 10.2. The van der Waals surface area contributed by atoms with Crippen LogP contribution in [0, 0.1) is 0 Å². The molecule has 1 aromatic carbocycles. The van der Waals surface area contributed by atoms with E-state index in [1.54, 1.807) is 25.1 Å². The van der Waals surface area contributed by atoms with Crippen molar-refractivity contribution in [3.8, 4) is 0 Å². The molecule has 1 atom stereocenters. The number of hydrogen-bond donors (Lipinski definition) is 0. The Balaban J connectivity index is 1.62. The lowest BCUT2D eigenvalue weighted by atomic mass is 10.0. The second-order valence-electron chi connectivity index (χ2n) is 6.32. The van der Waals surface area contributed by atoms with Crippen LogP contribution in [0.3, 0.4) is 0 Å². The number of amides is 1. The van der Waals surface area contributed by atoms with E-state index < -0.39 is 30.5 Å². The highest BCUT2D eigenvalue weighted by Crippen LogP contribution is 2.19. The third-order valence-electron chi connectivity index (χ3n) is 4.52. The minimum Gasteiger partial charge on any atom is -0.464 e. The molecular formula is C20H22N2O5. The second-order valence-corrected chi connectivity index (χ2v) is 6.32. The van der Waals surface area contributed by atoms with Crippen LogP contribution >= 0.6 is 0 Å². The topological polar surface area (TPSA) is 85.8 Å². The fourth-order valence-electron chi connectivity index (χ4n) is 3.18. The minimum absolute atomic E-state index is 0.141. The Labute approximate surface area is 157 Å². The molecule has 0 N–H and O–H groups in total. The smallest absolute Gasteiger partial charge is 0.357 e. The molecule has 1 fully saturated rings. The summed E-state index contributed by atoms with van der Waals surface area (Å²) in [5, 5.41) is 0.913. The highest BCUT2D eigenvalue weighted by atomic mass is 16.5. The van der Waals surface area contributed by atoms with Gasteiger partial charge in [0.05, 0.1) is 12.1 Å². The number of esters is 2. The highest BCUT2D eigenvalue weighted by Gasteiger charge is 2.33. The molecule has 1 unspecified atom stereocenters. The quantitative estimate of drug-likeness (QED) is 0.751. The molecule has 0 spiro atoms. The van der Waals surface area contributed by atoms with Crippen molar-refractivity contribution < 1.29 is 23.9 Å². The first-order valence-corrected chi connectivity index (χ1v) is 9.09. The molecule has 1 aromatic heterocycles. The van der Waals surface area contributed by atoms with Crippen LogP contribution in [-0.2, 0) is 19.1 Å². The molecule has 0 bridgehead atoms. The number of ether oxygens (including phenoxy) is 2. The molecule has 1 aliphatic heterocycles. The van der Waals surface area contributed by atoms with Crippen molar-refractivity contribution in [3.63, 3.8) is 0 Å². The standard InChI is InChI=1S/C20H22N2O5/c1-2-26-20(25)17-9-5-6-12-22(17)18(23)13-27-19(24)16-11-10-14-7-3-4-8-15(14)21-16/h3-4,7-8,10-11,17H,2,5-6,9,12-13H2,1H3. The molecule has 3 rings (SSSR count). The number of likely N-dealkylation sites (tertiary alicyclic amines) is 1. The number of para-hydroxylation sites is 1. The van der Waals surface area contributed by atoms with Crippen LogP contribution in [0.2, 0.25) is 0 Å². The summed E-state index contributed by atoms with van der Waals surface area (Å²) in [4.78, 5) is 42.5. The molecule has 0 radical (unpaired) electrons. The zero-order valence-corrected chi connectivity index (χ0v) is 15.2. The Bertz CT molecular complexity index is 851. The molecule has 0 saturated carbocycles. The summed E-state index contributed by atoms with van der Waals surface area (Å²) in [6.07, 6.45) is 2.22. The van der Waals surface area contributed by atoms with Gasteiger partial charge in [-0.05, 0) is 38.3 Å². The van der Waals surface area contributed by atoms with Crippen molar-refractivity contribution in [2.75, 3.05) is 19.8 Å². The summed E-state index contributed by atoms with van der Waals surface area (Å²) in [6.45, 7) is 2.02. The van der Waals surface area contributed by atoms with Gasteiger partial charge in [-0.15, -0.1) is 0 Å². The molecule has 2 aromatic rings. The van der Waals surface area contributed by atoms with Crippen molar-refractivity contribution in [2.24, 2.45) is 0 Å². The van der Waals surface area contributed by atoms with Gasteiger partial charge in [0.25, 0.3) is 5.91 Å². The number of pyridine rings is 1. The summed E-state index contributed by atoms with van der Waals surface area (Å²) >= 11 is 0. The number of carbonyl (C=O) groups excluding carboxylic acids is 3. The van der Waals surface area contributed by atoms with Gasteiger partial charge in [0.15, 0.2) is 6.61 Å². The van der Waals surface area contributed by atoms with E-state index in [2.05, 4.69) is 4.98 Å². The number of rotatable bonds is 5. The molecule has 1 saturated heterocycles. The van der Waals surface area contributed by atoms with Crippen molar-refractivity contribution in [2.45, 2.75) is 32.2 Å². The number of piperidine rings is 1. The van der Waals surface area contributed by atoms with Gasteiger partial charge in [0.2, 0.25) is 0 Å². The molecule has 1 aliphatic rings. The number of nitrogens with zero attached hydrogens (tertiary/aromatic N) is 2. The first kappa shape index (κ1) is 18.8.